The minimum absolute atomic E-state index is 0.0624. The van der Waals surface area contributed by atoms with E-state index in [0.717, 1.165) is 61.2 Å². The Morgan fingerprint density at radius 3 is 2.79 bits per heavy atom. The number of nitrogens with one attached hydrogen (secondary N) is 1. The van der Waals surface area contributed by atoms with E-state index in [9.17, 15) is 4.79 Å². The first-order chi connectivity index (χ1) is 14.0. The first-order valence-corrected chi connectivity index (χ1v) is 9.99. The highest BCUT2D eigenvalue weighted by molar-refractivity contribution is 5.98. The number of carbonyl (C=O) groups excluding carboxylic acids is 1. The molecule has 0 atom stereocenters. The lowest BCUT2D eigenvalue weighted by Gasteiger charge is -2.31. The average molecular weight is 397 g/mol. The summed E-state index contributed by atoms with van der Waals surface area (Å²) in [5, 5.41) is 5.05. The molecule has 0 unspecified atom stereocenters. The van der Waals surface area contributed by atoms with E-state index in [1.54, 1.807) is 12.0 Å². The van der Waals surface area contributed by atoms with Gasteiger partial charge in [0.25, 0.3) is 5.91 Å². The number of ether oxygens (including phenoxy) is 1. The molecule has 1 aliphatic heterocycles. The Kier molecular flexibility index (Phi) is 5.42. The molecule has 1 aliphatic rings. The molecule has 29 heavy (non-hydrogen) atoms. The van der Waals surface area contributed by atoms with Crippen molar-refractivity contribution in [2.24, 2.45) is 5.92 Å². The first-order valence-electron chi connectivity index (χ1n) is 9.99. The number of aryl methyl sites for hydroxylation is 1. The van der Waals surface area contributed by atoms with Gasteiger partial charge in [-0.05, 0) is 43.4 Å². The van der Waals surface area contributed by atoms with Crippen molar-refractivity contribution in [3.05, 3.63) is 35.8 Å². The molecule has 0 bridgehead atoms. The number of aromatic nitrogens is 3. The number of benzene rings is 1. The van der Waals surface area contributed by atoms with Crippen molar-refractivity contribution in [3.8, 4) is 5.75 Å². The lowest BCUT2D eigenvalue weighted by molar-refractivity contribution is 0.0681. The summed E-state index contributed by atoms with van der Waals surface area (Å²) in [5.74, 6) is 2.17. The molecule has 1 amide bonds. The molecule has 0 spiro atoms. The van der Waals surface area contributed by atoms with Gasteiger partial charge in [-0.25, -0.2) is 0 Å². The molecule has 0 saturated carbocycles. The van der Waals surface area contributed by atoms with Crippen LogP contribution in [0.25, 0.3) is 10.9 Å². The van der Waals surface area contributed by atoms with Gasteiger partial charge in [0.1, 0.15) is 11.4 Å². The Morgan fingerprint density at radius 2 is 2.10 bits per heavy atom. The number of carbonyl (C=O) groups is 1. The third-order valence-corrected chi connectivity index (χ3v) is 5.58. The zero-order valence-electron chi connectivity index (χ0n) is 17.1. The average Bonchev–Trinajstić information content (AvgIpc) is 3.38. The van der Waals surface area contributed by atoms with E-state index in [2.05, 4.69) is 15.1 Å². The molecule has 3 heterocycles. The Bertz CT molecular complexity index is 985. The summed E-state index contributed by atoms with van der Waals surface area (Å²) in [6.07, 6.45) is 3.82. The van der Waals surface area contributed by atoms with Crippen LogP contribution in [0.4, 0.5) is 6.01 Å². The van der Waals surface area contributed by atoms with Crippen LogP contribution < -0.4 is 9.64 Å². The monoisotopic (exact) mass is 397 g/mol. The highest BCUT2D eigenvalue weighted by Gasteiger charge is 2.25. The Balaban J connectivity index is 1.31. The number of hydrogen-bond donors (Lipinski definition) is 1. The Labute approximate surface area is 169 Å². The molecule has 8 nitrogen and oxygen atoms in total. The van der Waals surface area contributed by atoms with Gasteiger partial charge in [-0.1, -0.05) is 5.16 Å². The maximum Gasteiger partial charge on any atom is 0.323 e. The summed E-state index contributed by atoms with van der Waals surface area (Å²) in [4.78, 5) is 24.3. The number of hydrogen-bond acceptors (Lipinski definition) is 6. The highest BCUT2D eigenvalue weighted by atomic mass is 16.5. The number of likely N-dealkylation sites (tertiary alicyclic amines) is 1. The number of rotatable bonds is 6. The number of aromatic amines is 1. The van der Waals surface area contributed by atoms with Crippen LogP contribution in [0.3, 0.4) is 0 Å². The minimum atomic E-state index is 0.0624. The number of methoxy groups -OCH3 is 1. The number of piperidine rings is 1. The summed E-state index contributed by atoms with van der Waals surface area (Å²) in [7, 11) is 5.40. The zero-order valence-corrected chi connectivity index (χ0v) is 17.1. The van der Waals surface area contributed by atoms with Gasteiger partial charge in [-0.3, -0.25) is 4.79 Å². The van der Waals surface area contributed by atoms with Crippen molar-refractivity contribution in [2.45, 2.75) is 25.7 Å². The van der Waals surface area contributed by atoms with Crippen LogP contribution in [0.15, 0.2) is 28.8 Å². The van der Waals surface area contributed by atoms with Gasteiger partial charge in [-0.2, -0.15) is 4.98 Å². The fraction of sp³-hybridized carbons (Fsp3) is 0.476. The normalized spacial score (nSPS) is 15.1. The predicted molar refractivity (Wildman–Crippen MR) is 110 cm³/mol. The molecule has 2 aromatic heterocycles. The van der Waals surface area contributed by atoms with Crippen LogP contribution in [0.2, 0.25) is 0 Å². The summed E-state index contributed by atoms with van der Waals surface area (Å²) < 4.78 is 10.5. The number of anilines is 1. The number of amides is 1. The van der Waals surface area contributed by atoms with E-state index in [1.807, 2.05) is 43.3 Å². The highest BCUT2D eigenvalue weighted by Crippen LogP contribution is 2.25. The third kappa shape index (κ3) is 4.21. The van der Waals surface area contributed by atoms with Gasteiger partial charge in [0.2, 0.25) is 0 Å². The van der Waals surface area contributed by atoms with Crippen molar-refractivity contribution in [1.29, 1.82) is 0 Å². The molecule has 4 rings (SSSR count). The lowest BCUT2D eigenvalue weighted by Crippen LogP contribution is -2.38. The lowest BCUT2D eigenvalue weighted by atomic mass is 9.92. The molecule has 8 heteroatoms. The number of H-pyrrole nitrogens is 1. The second-order valence-electron chi connectivity index (χ2n) is 7.80. The van der Waals surface area contributed by atoms with Crippen molar-refractivity contribution < 1.29 is 14.1 Å². The zero-order chi connectivity index (χ0) is 20.4. The van der Waals surface area contributed by atoms with Crippen molar-refractivity contribution in [1.82, 2.24) is 20.0 Å². The molecule has 1 aromatic carbocycles. The second kappa shape index (κ2) is 8.14. The van der Waals surface area contributed by atoms with Gasteiger partial charge in [0.05, 0.1) is 7.11 Å². The van der Waals surface area contributed by atoms with Gasteiger partial charge in [-0.15, -0.1) is 0 Å². The van der Waals surface area contributed by atoms with E-state index < -0.39 is 0 Å². The van der Waals surface area contributed by atoms with Crippen LogP contribution >= 0.6 is 0 Å². The molecule has 1 fully saturated rings. The molecule has 154 valence electrons. The fourth-order valence-corrected chi connectivity index (χ4v) is 3.80. The van der Waals surface area contributed by atoms with E-state index in [-0.39, 0.29) is 5.91 Å². The van der Waals surface area contributed by atoms with E-state index in [0.29, 0.717) is 17.6 Å². The van der Waals surface area contributed by atoms with E-state index in [4.69, 9.17) is 9.26 Å². The first kappa shape index (κ1) is 19.3. The molecule has 3 aromatic rings. The summed E-state index contributed by atoms with van der Waals surface area (Å²) in [6, 6.07) is 8.24. The van der Waals surface area contributed by atoms with Crippen LogP contribution in [0.5, 0.6) is 5.75 Å². The Morgan fingerprint density at radius 1 is 1.31 bits per heavy atom. The topological polar surface area (TPSA) is 87.5 Å². The van der Waals surface area contributed by atoms with Crippen LogP contribution in [-0.4, -0.2) is 60.2 Å². The molecule has 0 aliphatic carbocycles. The molecule has 0 radical (unpaired) electrons. The second-order valence-corrected chi connectivity index (χ2v) is 7.80. The van der Waals surface area contributed by atoms with Crippen LogP contribution in [0, 0.1) is 5.92 Å². The molecular formula is C21H27N5O3. The van der Waals surface area contributed by atoms with Crippen LogP contribution in [0.1, 0.15) is 35.6 Å². The standard InChI is InChI=1S/C21H27N5O3/c1-25(2)21-23-19(24-29-21)7-4-14-8-10-26(11-9-14)20(27)18-12-15-5-6-16(28-3)13-17(15)22-18/h5-6,12-14,22H,4,7-11H2,1-3H3. The predicted octanol–water partition coefficient (Wildman–Crippen LogP) is 3.11. The molecule has 1 N–H and O–H groups in total. The summed E-state index contributed by atoms with van der Waals surface area (Å²) in [5.41, 5.74) is 1.55. The maximum absolute atomic E-state index is 12.9. The van der Waals surface area contributed by atoms with E-state index >= 15 is 0 Å². The Hall–Kier alpha value is -3.03. The minimum Gasteiger partial charge on any atom is -0.497 e. The van der Waals surface area contributed by atoms with E-state index in [1.165, 1.54) is 0 Å². The van der Waals surface area contributed by atoms with Crippen molar-refractivity contribution in [3.63, 3.8) is 0 Å². The smallest absolute Gasteiger partial charge is 0.323 e. The number of nitrogens with zero attached hydrogens (tertiary/aromatic N) is 4. The molecule has 1 saturated heterocycles. The van der Waals surface area contributed by atoms with Gasteiger partial charge >= 0.3 is 6.01 Å². The largest absolute Gasteiger partial charge is 0.497 e. The van der Waals surface area contributed by atoms with Crippen LogP contribution in [-0.2, 0) is 6.42 Å². The van der Waals surface area contributed by atoms with Gasteiger partial charge in [0.15, 0.2) is 5.82 Å². The fourth-order valence-electron chi connectivity index (χ4n) is 3.80. The maximum atomic E-state index is 12.9. The quantitative estimate of drug-likeness (QED) is 0.688. The summed E-state index contributed by atoms with van der Waals surface area (Å²) >= 11 is 0. The molecular weight excluding hydrogens is 370 g/mol. The van der Waals surface area contributed by atoms with Crippen molar-refractivity contribution >= 4 is 22.8 Å². The summed E-state index contributed by atoms with van der Waals surface area (Å²) in [6.45, 7) is 1.55. The van der Waals surface area contributed by atoms with Gasteiger partial charge < -0.3 is 24.0 Å². The SMILES string of the molecule is COc1ccc2cc(C(=O)N3CCC(CCc4noc(N(C)C)n4)CC3)[nH]c2c1. The third-order valence-electron chi connectivity index (χ3n) is 5.58. The number of fused-ring (bicyclic) bond motifs is 1. The van der Waals surface area contributed by atoms with Crippen molar-refractivity contribution in [2.75, 3.05) is 39.2 Å². The van der Waals surface area contributed by atoms with Gasteiger partial charge in [0, 0.05) is 50.6 Å².